The fourth-order valence-electron chi connectivity index (χ4n) is 0.573. The van der Waals surface area contributed by atoms with Crippen LogP contribution in [0.2, 0.25) is 0 Å². The highest BCUT2D eigenvalue weighted by atomic mass is 31.3. The maximum absolute atomic E-state index is 13.2. The van der Waals surface area contributed by atoms with Gasteiger partial charge in [-0.15, -0.1) is 0 Å². The van der Waals surface area contributed by atoms with Gasteiger partial charge in [0.05, 0.1) is 0 Å². The zero-order valence-electron chi connectivity index (χ0n) is 8.26. The largest absolute Gasteiger partial charge is 0.409 e. The van der Waals surface area contributed by atoms with Gasteiger partial charge in [-0.25, -0.2) is 0 Å². The molecule has 2 atom stereocenters. The van der Waals surface area contributed by atoms with Crippen LogP contribution in [0.3, 0.4) is 0 Å². The topological polar surface area (TPSA) is 80.7 Å². The summed E-state index contributed by atoms with van der Waals surface area (Å²) < 4.78 is 63.0. The molecule has 0 spiro atoms. The van der Waals surface area contributed by atoms with Gasteiger partial charge in [-0.1, -0.05) is 0 Å². The quantitative estimate of drug-likeness (QED) is 0.631. The van der Waals surface area contributed by atoms with Crippen LogP contribution in [0.25, 0.3) is 0 Å². The fraction of sp³-hybridized carbons (Fsp3) is 1.00. The molecule has 88 valence electrons. The van der Waals surface area contributed by atoms with E-state index in [1.807, 2.05) is 0 Å². The first kappa shape index (κ1) is 15.5. The summed E-state index contributed by atoms with van der Waals surface area (Å²) in [4.78, 5) is 8.87. The van der Waals surface area contributed by atoms with Crippen LogP contribution in [-0.4, -0.2) is 37.9 Å². The Bertz CT molecular complexity index is 384. The van der Waals surface area contributed by atoms with Crippen molar-refractivity contribution in [1.29, 1.82) is 0 Å². The highest BCUT2D eigenvalue weighted by Crippen LogP contribution is 2.77. The Morgan fingerprint density at radius 3 is 1.73 bits per heavy atom. The van der Waals surface area contributed by atoms with E-state index in [4.69, 9.17) is 12.5 Å². The molecule has 0 rings (SSSR count). The molecule has 0 aliphatic carbocycles. The molecule has 0 amide bonds. The molecule has 0 aliphatic heterocycles. The van der Waals surface area contributed by atoms with Gasteiger partial charge in [0, 0.05) is 6.66 Å². The van der Waals surface area contributed by atoms with E-state index in [9.17, 15) is 22.5 Å². The predicted molar refractivity (Wildman–Crippen MR) is 54.6 cm³/mol. The summed E-state index contributed by atoms with van der Waals surface area (Å²) in [5.41, 5.74) is 0. The summed E-state index contributed by atoms with van der Waals surface area (Å²) >= 11 is 0. The molecule has 5 nitrogen and oxygen atoms in total. The van der Waals surface area contributed by atoms with Crippen molar-refractivity contribution in [2.24, 2.45) is 0 Å². The summed E-state index contributed by atoms with van der Waals surface area (Å²) in [5, 5.41) is -4.47. The lowest BCUT2D eigenvalue weighted by Gasteiger charge is -2.26. The minimum atomic E-state index is -5.62. The van der Waals surface area contributed by atoms with Gasteiger partial charge < -0.3 is 14.0 Å². The number of hydrogen-bond donors (Lipinski definition) is 1. The van der Waals surface area contributed by atoms with Crippen LogP contribution in [-0.2, 0) is 18.0 Å². The van der Waals surface area contributed by atoms with Crippen LogP contribution >= 0.6 is 22.0 Å². The number of hydrogen-bond acceptors (Lipinski definition) is 4. The van der Waals surface area contributed by atoms with Gasteiger partial charge in [0.2, 0.25) is 7.57 Å². The monoisotopic (exact) mass is 280 g/mol. The van der Waals surface area contributed by atoms with Crippen LogP contribution in [0.1, 0.15) is 0 Å². The van der Waals surface area contributed by atoms with Gasteiger partial charge in [0.25, 0.3) is 0 Å². The second-order valence-electron chi connectivity index (χ2n) is 3.37. The van der Waals surface area contributed by atoms with E-state index in [0.29, 0.717) is 20.0 Å². The Morgan fingerprint density at radius 2 is 1.53 bits per heavy atom. The number of halogens is 2. The van der Waals surface area contributed by atoms with E-state index in [0.717, 1.165) is 0 Å². The second-order valence-corrected chi connectivity index (χ2v) is 11.1. The van der Waals surface area contributed by atoms with E-state index >= 15 is 0 Å². The van der Waals surface area contributed by atoms with Gasteiger partial charge in [-0.2, -0.15) is 8.78 Å². The summed E-state index contributed by atoms with van der Waals surface area (Å²) in [6.45, 7) is 1.94. The second kappa shape index (κ2) is 4.08. The highest BCUT2D eigenvalue weighted by molar-refractivity contribution is 7.89. The third-order valence-electron chi connectivity index (χ3n) is 1.26. The van der Waals surface area contributed by atoms with Crippen molar-refractivity contribution in [3.05, 3.63) is 0 Å². The van der Waals surface area contributed by atoms with Crippen molar-refractivity contribution in [2.75, 3.05) is 20.0 Å². The van der Waals surface area contributed by atoms with E-state index in [1.54, 1.807) is 0 Å². The van der Waals surface area contributed by atoms with Crippen LogP contribution in [0.15, 0.2) is 0 Å². The lowest BCUT2D eigenvalue weighted by atomic mass is 10.8. The molecule has 0 aliphatic rings. The minimum absolute atomic E-state index is 0.621. The minimum Gasteiger partial charge on any atom is -0.320 e. The van der Waals surface area contributed by atoms with E-state index in [2.05, 4.69) is 4.31 Å². The summed E-state index contributed by atoms with van der Waals surface area (Å²) in [5.74, 6) is 0. The predicted octanol–water partition coefficient (Wildman–Crippen LogP) is 2.35. The molecule has 0 aromatic heterocycles. The first-order valence-electron chi connectivity index (χ1n) is 3.54. The Balaban J connectivity index is 5.32. The molecule has 0 saturated heterocycles. The molecule has 1 N–H and O–H groups in total. The SMILES string of the molecule is [B]P(C)(=O)OP(=O)(O)C(F)(F)P(C)(C)=O. The van der Waals surface area contributed by atoms with Crippen molar-refractivity contribution in [3.63, 3.8) is 0 Å². The Morgan fingerprint density at radius 1 is 1.20 bits per heavy atom. The van der Waals surface area contributed by atoms with Gasteiger partial charge >= 0.3 is 13.0 Å². The zero-order chi connectivity index (χ0) is 12.7. The molecular formula is C4H10BF2O5P3. The first-order valence-corrected chi connectivity index (χ1v) is 9.86. The van der Waals surface area contributed by atoms with Gasteiger partial charge in [0.15, 0.2) is 14.4 Å². The van der Waals surface area contributed by atoms with Crippen molar-refractivity contribution < 1.29 is 31.7 Å². The third kappa shape index (κ3) is 3.79. The molecule has 0 saturated carbocycles. The summed E-state index contributed by atoms with van der Waals surface area (Å²) in [7, 11) is -9.18. The van der Waals surface area contributed by atoms with Gasteiger partial charge in [-0.05, 0) is 13.3 Å². The Labute approximate surface area is 87.3 Å². The Kier molecular flexibility index (Phi) is 4.23. The molecule has 0 fully saturated rings. The third-order valence-corrected chi connectivity index (χ3v) is 7.62. The van der Waals surface area contributed by atoms with Crippen LogP contribution in [0.4, 0.5) is 8.78 Å². The lowest BCUT2D eigenvalue weighted by molar-refractivity contribution is 0.142. The summed E-state index contributed by atoms with van der Waals surface area (Å²) in [6, 6.07) is 0. The lowest BCUT2D eigenvalue weighted by Crippen LogP contribution is -2.17. The van der Waals surface area contributed by atoms with Crippen LogP contribution in [0.5, 0.6) is 0 Å². The standard InChI is InChI=1S/C4H10BF2O5P3/c1-13(2,8)4(6,7)15(10,11)12-14(3,5)9/h1-3H3,(H,10,11). The number of alkyl halides is 2. The molecular weight excluding hydrogens is 270 g/mol. The first-order chi connectivity index (χ1) is 6.21. The van der Waals surface area contributed by atoms with Crippen molar-refractivity contribution >= 4 is 29.6 Å². The smallest absolute Gasteiger partial charge is 0.320 e. The highest BCUT2D eigenvalue weighted by Gasteiger charge is 2.61. The maximum atomic E-state index is 13.2. The Hall–Kier alpha value is 0.535. The maximum Gasteiger partial charge on any atom is 0.409 e. The molecule has 2 radical (unpaired) electrons. The molecule has 15 heavy (non-hydrogen) atoms. The van der Waals surface area contributed by atoms with E-state index in [1.165, 1.54) is 0 Å². The van der Waals surface area contributed by atoms with E-state index in [-0.39, 0.29) is 0 Å². The van der Waals surface area contributed by atoms with Crippen molar-refractivity contribution in [1.82, 2.24) is 0 Å². The molecule has 0 aromatic rings. The average Bonchev–Trinajstić information content (AvgIpc) is 1.77. The zero-order valence-corrected chi connectivity index (χ0v) is 10.9. The molecule has 11 heteroatoms. The van der Waals surface area contributed by atoms with E-state index < -0.39 is 27.4 Å². The molecule has 0 heterocycles. The summed E-state index contributed by atoms with van der Waals surface area (Å²) in [6.07, 6.45) is 0. The average molecular weight is 280 g/mol. The molecule has 0 aromatic carbocycles. The molecule has 0 bridgehead atoms. The number of rotatable bonds is 4. The fourth-order valence-corrected chi connectivity index (χ4v) is 5.49. The van der Waals surface area contributed by atoms with Gasteiger partial charge in [-0.3, -0.25) is 8.88 Å². The van der Waals surface area contributed by atoms with Crippen molar-refractivity contribution in [3.8, 4) is 0 Å². The van der Waals surface area contributed by atoms with Crippen LogP contribution < -0.4 is 0 Å². The molecule has 2 unspecified atom stereocenters. The van der Waals surface area contributed by atoms with Gasteiger partial charge in [0.1, 0.15) is 0 Å². The van der Waals surface area contributed by atoms with Crippen molar-refractivity contribution in [2.45, 2.75) is 5.40 Å². The van der Waals surface area contributed by atoms with Crippen LogP contribution in [0, 0.1) is 0 Å². The normalized spacial score (nSPS) is 21.7.